The van der Waals surface area contributed by atoms with Gasteiger partial charge in [0.2, 0.25) is 0 Å². The fraction of sp³-hybridized carbons (Fsp3) is 0.625. The van der Waals surface area contributed by atoms with Crippen molar-refractivity contribution in [1.82, 2.24) is 5.32 Å². The first kappa shape index (κ1) is 13.4. The number of aryl methyl sites for hydroxylation is 1. The second kappa shape index (κ2) is 5.31. The van der Waals surface area contributed by atoms with E-state index in [2.05, 4.69) is 26.1 Å². The lowest BCUT2D eigenvalue weighted by Gasteiger charge is -2.28. The largest absolute Gasteiger partial charge is 0.508 e. The second-order valence-corrected chi connectivity index (χ2v) is 6.56. The van der Waals surface area contributed by atoms with E-state index in [1.54, 1.807) is 12.1 Å². The van der Waals surface area contributed by atoms with Crippen LogP contribution in [0.4, 0.5) is 0 Å². The summed E-state index contributed by atoms with van der Waals surface area (Å²) in [5.41, 5.74) is 1.68. The van der Waals surface area contributed by atoms with Crippen molar-refractivity contribution in [3.63, 3.8) is 0 Å². The summed E-state index contributed by atoms with van der Waals surface area (Å²) in [6.07, 6.45) is 4.87. The molecule has 2 rings (SSSR count). The Bertz CT molecular complexity index is 377. The first-order valence-corrected chi connectivity index (χ1v) is 6.99. The Morgan fingerprint density at radius 1 is 1.17 bits per heavy atom. The van der Waals surface area contributed by atoms with E-state index >= 15 is 0 Å². The third-order valence-corrected chi connectivity index (χ3v) is 4.00. The van der Waals surface area contributed by atoms with E-state index in [1.165, 1.54) is 24.8 Å². The zero-order valence-electron chi connectivity index (χ0n) is 11.7. The predicted molar refractivity (Wildman–Crippen MR) is 75.8 cm³/mol. The van der Waals surface area contributed by atoms with Crippen LogP contribution in [-0.2, 0) is 6.42 Å². The topological polar surface area (TPSA) is 32.3 Å². The van der Waals surface area contributed by atoms with Crippen LogP contribution in [-0.4, -0.2) is 17.2 Å². The quantitative estimate of drug-likeness (QED) is 0.857. The summed E-state index contributed by atoms with van der Waals surface area (Å²) in [5.74, 6) is 0.352. The molecule has 1 heterocycles. The minimum atomic E-state index is 0.352. The monoisotopic (exact) mass is 247 g/mol. The number of aromatic hydroxyl groups is 1. The maximum Gasteiger partial charge on any atom is 0.115 e. The molecule has 0 aromatic heterocycles. The smallest absolute Gasteiger partial charge is 0.115 e. The number of rotatable bonds is 3. The highest BCUT2D eigenvalue weighted by atomic mass is 16.3. The highest BCUT2D eigenvalue weighted by molar-refractivity contribution is 5.26. The Labute approximate surface area is 110 Å². The Morgan fingerprint density at radius 3 is 2.39 bits per heavy atom. The lowest BCUT2D eigenvalue weighted by Crippen LogP contribution is -2.38. The van der Waals surface area contributed by atoms with Crippen molar-refractivity contribution < 1.29 is 5.11 Å². The van der Waals surface area contributed by atoms with Gasteiger partial charge in [-0.2, -0.15) is 0 Å². The number of hydrogen-bond acceptors (Lipinski definition) is 2. The molecule has 0 aliphatic carbocycles. The summed E-state index contributed by atoms with van der Waals surface area (Å²) in [7, 11) is 0. The molecule has 1 aliphatic rings. The van der Waals surface area contributed by atoms with Gasteiger partial charge in [0.05, 0.1) is 0 Å². The number of benzene rings is 1. The Kier molecular flexibility index (Phi) is 3.96. The summed E-state index contributed by atoms with van der Waals surface area (Å²) >= 11 is 0. The first-order valence-electron chi connectivity index (χ1n) is 6.99. The number of phenols is 1. The molecule has 0 amide bonds. The average molecular weight is 247 g/mol. The van der Waals surface area contributed by atoms with Gasteiger partial charge in [-0.3, -0.25) is 0 Å². The van der Waals surface area contributed by atoms with Gasteiger partial charge < -0.3 is 10.4 Å². The molecule has 0 radical (unpaired) electrons. The number of nitrogens with one attached hydrogen (secondary N) is 1. The van der Waals surface area contributed by atoms with Crippen molar-refractivity contribution >= 4 is 0 Å². The van der Waals surface area contributed by atoms with Gasteiger partial charge in [-0.05, 0) is 48.8 Å². The standard InChI is InChI=1S/C16H25NO/c1-16(2,3)15-11-8-13(17-15)7-4-12-5-9-14(18)10-6-12/h5-6,9-10,13,15,17-18H,4,7-8,11H2,1-3H3. The minimum Gasteiger partial charge on any atom is -0.508 e. The molecule has 2 atom stereocenters. The van der Waals surface area contributed by atoms with Gasteiger partial charge in [0, 0.05) is 12.1 Å². The van der Waals surface area contributed by atoms with Gasteiger partial charge in [-0.1, -0.05) is 32.9 Å². The molecule has 1 aromatic rings. The first-order chi connectivity index (χ1) is 8.45. The van der Waals surface area contributed by atoms with E-state index < -0.39 is 0 Å². The Balaban J connectivity index is 1.80. The third-order valence-electron chi connectivity index (χ3n) is 4.00. The lowest BCUT2D eigenvalue weighted by atomic mass is 9.86. The normalized spacial score (nSPS) is 24.4. The molecule has 1 aromatic carbocycles. The fourth-order valence-corrected chi connectivity index (χ4v) is 2.73. The van der Waals surface area contributed by atoms with Crippen molar-refractivity contribution in [3.05, 3.63) is 29.8 Å². The van der Waals surface area contributed by atoms with Crippen molar-refractivity contribution in [1.29, 1.82) is 0 Å². The van der Waals surface area contributed by atoms with Crippen LogP contribution in [0.1, 0.15) is 45.6 Å². The van der Waals surface area contributed by atoms with E-state index in [4.69, 9.17) is 0 Å². The van der Waals surface area contributed by atoms with Crippen molar-refractivity contribution in [2.24, 2.45) is 5.41 Å². The van der Waals surface area contributed by atoms with Crippen LogP contribution in [0.15, 0.2) is 24.3 Å². The highest BCUT2D eigenvalue weighted by Gasteiger charge is 2.31. The van der Waals surface area contributed by atoms with E-state index in [0.29, 0.717) is 23.2 Å². The van der Waals surface area contributed by atoms with Gasteiger partial charge >= 0.3 is 0 Å². The molecule has 2 heteroatoms. The van der Waals surface area contributed by atoms with Crippen LogP contribution in [0.2, 0.25) is 0 Å². The fourth-order valence-electron chi connectivity index (χ4n) is 2.73. The molecule has 0 spiro atoms. The third kappa shape index (κ3) is 3.49. The summed E-state index contributed by atoms with van der Waals surface area (Å²) < 4.78 is 0. The van der Waals surface area contributed by atoms with Crippen molar-refractivity contribution in [2.45, 2.75) is 58.5 Å². The van der Waals surface area contributed by atoms with E-state index in [9.17, 15) is 5.11 Å². The maximum atomic E-state index is 9.25. The molecule has 2 unspecified atom stereocenters. The molecule has 1 fully saturated rings. The molecule has 18 heavy (non-hydrogen) atoms. The van der Waals surface area contributed by atoms with Gasteiger partial charge in [0.1, 0.15) is 5.75 Å². The molecule has 1 saturated heterocycles. The minimum absolute atomic E-state index is 0.352. The number of hydrogen-bond donors (Lipinski definition) is 2. The van der Waals surface area contributed by atoms with Gasteiger partial charge in [-0.15, -0.1) is 0 Å². The lowest BCUT2D eigenvalue weighted by molar-refractivity contribution is 0.285. The highest BCUT2D eigenvalue weighted by Crippen LogP contribution is 2.29. The average Bonchev–Trinajstić information content (AvgIpc) is 2.77. The van der Waals surface area contributed by atoms with Crippen LogP contribution in [0, 0.1) is 5.41 Å². The van der Waals surface area contributed by atoms with Crippen molar-refractivity contribution in [3.8, 4) is 5.75 Å². The van der Waals surface area contributed by atoms with Crippen LogP contribution in [0.3, 0.4) is 0 Å². The van der Waals surface area contributed by atoms with Crippen LogP contribution >= 0.6 is 0 Å². The van der Waals surface area contributed by atoms with Gasteiger partial charge in [0.25, 0.3) is 0 Å². The van der Waals surface area contributed by atoms with Gasteiger partial charge in [0.15, 0.2) is 0 Å². The Hall–Kier alpha value is -1.02. The van der Waals surface area contributed by atoms with Crippen LogP contribution in [0.25, 0.3) is 0 Å². The SMILES string of the molecule is CC(C)(C)C1CCC(CCc2ccc(O)cc2)N1. The molecule has 0 bridgehead atoms. The molecular formula is C16H25NO. The molecule has 100 valence electrons. The zero-order chi connectivity index (χ0) is 13.2. The number of phenolic OH excluding ortho intramolecular Hbond substituents is 1. The van der Waals surface area contributed by atoms with E-state index in [-0.39, 0.29) is 0 Å². The molecule has 2 nitrogen and oxygen atoms in total. The zero-order valence-corrected chi connectivity index (χ0v) is 11.7. The Morgan fingerprint density at radius 2 is 1.83 bits per heavy atom. The predicted octanol–water partition coefficient (Wildman–Crippen LogP) is 3.49. The molecule has 0 saturated carbocycles. The van der Waals surface area contributed by atoms with E-state index in [0.717, 1.165) is 6.42 Å². The van der Waals surface area contributed by atoms with E-state index in [1.807, 2.05) is 12.1 Å². The second-order valence-electron chi connectivity index (χ2n) is 6.56. The summed E-state index contributed by atoms with van der Waals surface area (Å²) in [6.45, 7) is 6.94. The molecule has 1 aliphatic heterocycles. The van der Waals surface area contributed by atoms with Crippen LogP contribution in [0.5, 0.6) is 5.75 Å². The summed E-state index contributed by atoms with van der Waals surface area (Å²) in [6, 6.07) is 8.90. The molecule has 2 N–H and O–H groups in total. The molecular weight excluding hydrogens is 222 g/mol. The summed E-state index contributed by atoms with van der Waals surface area (Å²) in [4.78, 5) is 0. The summed E-state index contributed by atoms with van der Waals surface area (Å²) in [5, 5.41) is 13.0. The maximum absolute atomic E-state index is 9.25. The van der Waals surface area contributed by atoms with Gasteiger partial charge in [-0.25, -0.2) is 0 Å². The van der Waals surface area contributed by atoms with Crippen LogP contribution < -0.4 is 5.32 Å². The van der Waals surface area contributed by atoms with Crippen molar-refractivity contribution in [2.75, 3.05) is 0 Å².